The topological polar surface area (TPSA) is 209 Å². The van der Waals surface area contributed by atoms with Gasteiger partial charge in [0.05, 0.1) is 0 Å². The van der Waals surface area contributed by atoms with Crippen molar-refractivity contribution in [2.45, 2.75) is 49.9 Å². The summed E-state index contributed by atoms with van der Waals surface area (Å²) in [7, 11) is -4.65. The van der Waals surface area contributed by atoms with Crippen molar-refractivity contribution in [3.63, 3.8) is 0 Å². The fourth-order valence-corrected chi connectivity index (χ4v) is 7.57. The summed E-state index contributed by atoms with van der Waals surface area (Å²) in [6.45, 7) is -0.473. The lowest BCUT2D eigenvalue weighted by Crippen LogP contribution is -2.59. The van der Waals surface area contributed by atoms with Gasteiger partial charge in [0.1, 0.15) is 41.6 Å². The van der Waals surface area contributed by atoms with Gasteiger partial charge in [-0.1, -0.05) is 91.0 Å². The Hall–Kier alpha value is -6.43. The number of benzene rings is 4. The molecule has 2 aliphatic heterocycles. The minimum atomic E-state index is -4.65. The van der Waals surface area contributed by atoms with Crippen molar-refractivity contribution in [2.24, 2.45) is 0 Å². The van der Waals surface area contributed by atoms with E-state index in [2.05, 4.69) is 26.6 Å². The van der Waals surface area contributed by atoms with Crippen molar-refractivity contribution in [3.05, 3.63) is 148 Å². The Kier molecular flexibility index (Phi) is 14.4. The van der Waals surface area contributed by atoms with Crippen LogP contribution in [0.3, 0.4) is 0 Å². The van der Waals surface area contributed by atoms with Crippen LogP contribution in [0.5, 0.6) is 5.75 Å². The second-order valence-corrected chi connectivity index (χ2v) is 16.5. The zero-order chi connectivity index (χ0) is 42.6. The number of amides is 5. The first-order chi connectivity index (χ1) is 28.8. The molecule has 4 atom stereocenters. The Balaban J connectivity index is 1.37. The summed E-state index contributed by atoms with van der Waals surface area (Å²) in [4.78, 5) is 70.2. The van der Waals surface area contributed by atoms with Gasteiger partial charge in [-0.25, -0.2) is 4.39 Å². The lowest BCUT2D eigenvalue weighted by atomic mass is 9.99. The average Bonchev–Trinajstić information content (AvgIpc) is 3.75. The quantitative estimate of drug-likeness (QED) is 0.0900. The van der Waals surface area contributed by atoms with Crippen molar-refractivity contribution in [3.8, 4) is 16.9 Å². The normalized spacial score (nSPS) is 19.3. The van der Waals surface area contributed by atoms with E-state index in [0.717, 1.165) is 16.0 Å². The van der Waals surface area contributed by atoms with Crippen LogP contribution in [0.25, 0.3) is 11.1 Å². The maximum absolute atomic E-state index is 15.1. The molecule has 5 amide bonds. The minimum Gasteiger partial charge on any atom is -0.484 e. The maximum atomic E-state index is 15.1. The van der Waals surface area contributed by atoms with E-state index < -0.39 is 82.1 Å². The number of carbonyl (C=O) groups is 5. The molecule has 1 aromatic heterocycles. The monoisotopic (exact) mass is 855 g/mol. The smallest absolute Gasteiger partial charge is 0.283 e. The second-order valence-electron chi connectivity index (χ2n) is 14.1. The summed E-state index contributed by atoms with van der Waals surface area (Å²) < 4.78 is 53.1. The molecule has 7 rings (SSSR count). The average molecular weight is 856 g/mol. The summed E-state index contributed by atoms with van der Waals surface area (Å²) in [6, 6.07) is 26.8. The van der Waals surface area contributed by atoms with Gasteiger partial charge in [-0.3, -0.25) is 28.5 Å². The third-order valence-electron chi connectivity index (χ3n) is 9.58. The molecule has 0 saturated carbocycles. The summed E-state index contributed by atoms with van der Waals surface area (Å²) in [5.41, 5.74) is 3.02. The third kappa shape index (κ3) is 12.5. The Labute approximate surface area is 349 Å². The van der Waals surface area contributed by atoms with Crippen molar-refractivity contribution in [1.29, 1.82) is 0 Å². The standard InChI is InChI=1S/C43H42FN5O9S2/c44-34-11-5-4-9-31(34)23-37-42(53)47-35(40(51)45-26-60(55,56)57)21-28-14-18-32(19-15-28)58-25-39(50)46-38(24-33-10-6-20-59-33)43(54)48-36(41(52)49-37)22-27-12-16-30(17-13-27)29-7-2-1-3-8-29/h1-20,35-38H,21-26H2,(H,45,51)(H,46,50)(H,47,53)(H,48,54)(H,49,52)(H,55,56,57). The van der Waals surface area contributed by atoms with Gasteiger partial charge in [0.2, 0.25) is 23.6 Å². The van der Waals surface area contributed by atoms with Crippen LogP contribution in [0.1, 0.15) is 21.6 Å². The first kappa shape index (κ1) is 43.2. The first-order valence-corrected chi connectivity index (χ1v) is 21.3. The summed E-state index contributed by atoms with van der Waals surface area (Å²) in [5.74, 6) is -5.64. The van der Waals surface area contributed by atoms with E-state index in [4.69, 9.17) is 4.74 Å². The fraction of sp³-hybridized carbons (Fsp3) is 0.233. The number of halogens is 1. The highest BCUT2D eigenvalue weighted by Gasteiger charge is 2.33. The van der Waals surface area contributed by atoms with Crippen molar-refractivity contribution in [1.82, 2.24) is 26.6 Å². The van der Waals surface area contributed by atoms with Crippen LogP contribution < -0.4 is 31.3 Å². The van der Waals surface area contributed by atoms with E-state index in [9.17, 15) is 36.9 Å². The van der Waals surface area contributed by atoms with E-state index in [1.165, 1.54) is 41.7 Å². The molecule has 4 unspecified atom stereocenters. The van der Waals surface area contributed by atoms with Crippen molar-refractivity contribution >= 4 is 51.0 Å². The van der Waals surface area contributed by atoms with Gasteiger partial charge < -0.3 is 31.3 Å². The number of fused-ring (bicyclic) bond motifs is 16. The molecule has 0 fully saturated rings. The highest BCUT2D eigenvalue weighted by Crippen LogP contribution is 2.21. The van der Waals surface area contributed by atoms with E-state index in [-0.39, 0.29) is 37.0 Å². The summed E-state index contributed by atoms with van der Waals surface area (Å²) in [6.07, 6.45) is -0.577. The van der Waals surface area contributed by atoms with Crippen LogP contribution in [-0.4, -0.2) is 79.2 Å². The largest absolute Gasteiger partial charge is 0.484 e. The van der Waals surface area contributed by atoms with Crippen LogP contribution >= 0.6 is 11.3 Å². The molecule has 0 radical (unpaired) electrons. The van der Waals surface area contributed by atoms with Crippen LogP contribution in [0.4, 0.5) is 4.39 Å². The van der Waals surface area contributed by atoms with Gasteiger partial charge in [0.15, 0.2) is 6.61 Å². The SMILES string of the molecule is O=C1COc2ccc(cc2)CC(C(=O)NCS(=O)(=O)O)NC(=O)C(Cc2ccccc2F)NC(=O)C(Cc2ccc(-c3ccccc3)cc2)NC(=O)C(Cc2cccs2)N1. The van der Waals surface area contributed by atoms with Crippen LogP contribution in [-0.2, 0) is 59.8 Å². The molecule has 6 N–H and O–H groups in total. The zero-order valence-corrected chi connectivity index (χ0v) is 33.6. The van der Waals surface area contributed by atoms with Crippen LogP contribution in [0.15, 0.2) is 121 Å². The third-order valence-corrected chi connectivity index (χ3v) is 11.0. The second kappa shape index (κ2) is 20.0. The number of rotatable bonds is 10. The van der Waals surface area contributed by atoms with Gasteiger partial charge in [-0.05, 0) is 57.5 Å². The number of hydrogen-bond acceptors (Lipinski definition) is 9. The highest BCUT2D eigenvalue weighted by molar-refractivity contribution is 7.85. The highest BCUT2D eigenvalue weighted by atomic mass is 32.2. The van der Waals surface area contributed by atoms with Gasteiger partial charge in [-0.2, -0.15) is 8.42 Å². The molecule has 0 spiro atoms. The summed E-state index contributed by atoms with van der Waals surface area (Å²) >= 11 is 1.38. The van der Waals surface area contributed by atoms with E-state index in [1.54, 1.807) is 42.5 Å². The molecule has 14 nitrogen and oxygen atoms in total. The van der Waals surface area contributed by atoms with Gasteiger partial charge in [-0.15, -0.1) is 11.3 Å². The molecule has 17 heteroatoms. The molecule has 4 aromatic carbocycles. The molecule has 312 valence electrons. The molecular weight excluding hydrogens is 814 g/mol. The molecule has 60 heavy (non-hydrogen) atoms. The van der Waals surface area contributed by atoms with Crippen LogP contribution in [0.2, 0.25) is 0 Å². The molecule has 5 aromatic rings. The molecule has 0 saturated heterocycles. The predicted molar refractivity (Wildman–Crippen MR) is 222 cm³/mol. The Morgan fingerprint density at radius 1 is 0.717 bits per heavy atom. The zero-order valence-electron chi connectivity index (χ0n) is 32.0. The first-order valence-electron chi connectivity index (χ1n) is 18.8. The minimum absolute atomic E-state index is 0.0510. The predicted octanol–water partition coefficient (Wildman–Crippen LogP) is 3.12. The van der Waals surface area contributed by atoms with Crippen molar-refractivity contribution < 1.29 is 46.1 Å². The Morgan fingerprint density at radius 3 is 1.98 bits per heavy atom. The van der Waals surface area contributed by atoms with Crippen LogP contribution in [0, 0.1) is 5.82 Å². The summed E-state index contributed by atoms with van der Waals surface area (Å²) in [5, 5.41) is 14.6. The molecule has 2 bridgehead atoms. The fourth-order valence-electron chi connectivity index (χ4n) is 6.50. The number of ether oxygens (including phenoxy) is 1. The molecule has 0 aliphatic carbocycles. The van der Waals surface area contributed by atoms with E-state index in [0.29, 0.717) is 11.1 Å². The number of thiophene rings is 1. The van der Waals surface area contributed by atoms with E-state index >= 15 is 4.39 Å². The lowest BCUT2D eigenvalue weighted by Gasteiger charge is -2.27. The molecule has 2 aliphatic rings. The lowest BCUT2D eigenvalue weighted by molar-refractivity contribution is -0.134. The molecule has 3 heterocycles. The number of nitrogens with one attached hydrogen (secondary N) is 5. The van der Waals surface area contributed by atoms with Gasteiger partial charge in [0.25, 0.3) is 16.0 Å². The Morgan fingerprint density at radius 2 is 1.33 bits per heavy atom. The maximum Gasteiger partial charge on any atom is 0.283 e. The number of carbonyl (C=O) groups excluding carboxylic acids is 5. The van der Waals surface area contributed by atoms with E-state index in [1.807, 2.05) is 47.8 Å². The van der Waals surface area contributed by atoms with Crippen molar-refractivity contribution in [2.75, 3.05) is 12.5 Å². The number of hydrogen-bond donors (Lipinski definition) is 6. The Bertz CT molecular complexity index is 2400. The van der Waals surface area contributed by atoms with Gasteiger partial charge >= 0.3 is 0 Å². The molecular formula is C43H42FN5O9S2. The van der Waals surface area contributed by atoms with Gasteiger partial charge in [0, 0.05) is 30.6 Å².